The summed E-state index contributed by atoms with van der Waals surface area (Å²) in [6.07, 6.45) is 7.31. The molecule has 0 aliphatic heterocycles. The van der Waals surface area contributed by atoms with Crippen LogP contribution in [0.25, 0.3) is 0 Å². The number of nitrogens with one attached hydrogen (secondary N) is 1. The van der Waals surface area contributed by atoms with Crippen molar-refractivity contribution in [3.8, 4) is 0 Å². The Morgan fingerprint density at radius 1 is 1.53 bits per heavy atom. The lowest BCUT2D eigenvalue weighted by Gasteiger charge is -2.25. The maximum atomic E-state index is 5.86. The second-order valence-electron chi connectivity index (χ2n) is 4.46. The summed E-state index contributed by atoms with van der Waals surface area (Å²) in [6, 6.07) is 1.96. The van der Waals surface area contributed by atoms with Crippen LogP contribution in [0.5, 0.6) is 0 Å². The largest absolute Gasteiger partial charge is 0.396 e. The van der Waals surface area contributed by atoms with Crippen molar-refractivity contribution in [2.45, 2.75) is 32.6 Å². The molecule has 3 heteroatoms. The lowest BCUT2D eigenvalue weighted by molar-refractivity contribution is 0.303. The zero-order valence-corrected chi connectivity index (χ0v) is 9.29. The molecular formula is C12H19N3. The van der Waals surface area contributed by atoms with E-state index in [1.807, 2.05) is 19.2 Å². The van der Waals surface area contributed by atoms with Crippen molar-refractivity contribution in [3.63, 3.8) is 0 Å². The van der Waals surface area contributed by atoms with Crippen LogP contribution in [0.3, 0.4) is 0 Å². The number of nitrogens with zero attached hydrogens (tertiary/aromatic N) is 1. The highest BCUT2D eigenvalue weighted by molar-refractivity contribution is 5.61. The van der Waals surface area contributed by atoms with Crippen LogP contribution in [0.2, 0.25) is 0 Å². The van der Waals surface area contributed by atoms with Crippen molar-refractivity contribution in [2.24, 2.45) is 5.92 Å². The topological polar surface area (TPSA) is 50.9 Å². The van der Waals surface area contributed by atoms with Gasteiger partial charge in [0.1, 0.15) is 5.82 Å². The average Bonchev–Trinajstić information content (AvgIpc) is 2.12. The van der Waals surface area contributed by atoms with Crippen molar-refractivity contribution in [1.82, 2.24) is 4.98 Å². The molecule has 0 amide bonds. The van der Waals surface area contributed by atoms with E-state index in [9.17, 15) is 0 Å². The van der Waals surface area contributed by atoms with Gasteiger partial charge in [-0.05, 0) is 30.9 Å². The van der Waals surface area contributed by atoms with Gasteiger partial charge in [0.05, 0.1) is 5.69 Å². The molecule has 3 nitrogen and oxygen atoms in total. The molecule has 0 spiro atoms. The third kappa shape index (κ3) is 2.61. The summed E-state index contributed by atoms with van der Waals surface area (Å²) in [7, 11) is 0. The van der Waals surface area contributed by atoms with Gasteiger partial charge in [-0.1, -0.05) is 19.3 Å². The van der Waals surface area contributed by atoms with Crippen LogP contribution in [0.15, 0.2) is 12.3 Å². The monoisotopic (exact) mass is 205 g/mol. The molecule has 0 bridgehead atoms. The van der Waals surface area contributed by atoms with Crippen LogP contribution in [0.1, 0.15) is 31.2 Å². The highest BCUT2D eigenvalue weighted by Crippen LogP contribution is 2.29. The Bertz CT molecular complexity index is 332. The molecule has 0 unspecified atom stereocenters. The van der Waals surface area contributed by atoms with Gasteiger partial charge in [-0.25, -0.2) is 4.98 Å². The minimum absolute atomic E-state index is 0.753. The van der Waals surface area contributed by atoms with E-state index in [1.54, 1.807) is 0 Å². The molecule has 3 N–H and O–H groups in total. The Morgan fingerprint density at radius 2 is 2.33 bits per heavy atom. The number of nitrogen functional groups attached to an aromatic ring is 1. The molecule has 1 fully saturated rings. The second-order valence-corrected chi connectivity index (χ2v) is 4.46. The first kappa shape index (κ1) is 10.3. The number of hydrogen-bond acceptors (Lipinski definition) is 3. The molecule has 1 saturated carbocycles. The standard InChI is InChI=1S/C12H19N3/c1-9-7-11(13)12(15-8-9)14-6-5-10-3-2-4-10/h7-8,10H,2-6,13H2,1H3,(H,14,15). The molecule has 1 aromatic rings. The van der Waals surface area contributed by atoms with Crippen LogP contribution in [-0.4, -0.2) is 11.5 Å². The van der Waals surface area contributed by atoms with Gasteiger partial charge in [-0.3, -0.25) is 0 Å². The Kier molecular flexibility index (Phi) is 3.09. The smallest absolute Gasteiger partial charge is 0.149 e. The first-order valence-electron chi connectivity index (χ1n) is 5.71. The molecular weight excluding hydrogens is 186 g/mol. The van der Waals surface area contributed by atoms with Gasteiger partial charge < -0.3 is 11.1 Å². The first-order chi connectivity index (χ1) is 7.25. The number of aryl methyl sites for hydroxylation is 1. The number of anilines is 2. The van der Waals surface area contributed by atoms with E-state index < -0.39 is 0 Å². The summed E-state index contributed by atoms with van der Waals surface area (Å²) < 4.78 is 0. The number of rotatable bonds is 4. The van der Waals surface area contributed by atoms with Gasteiger partial charge in [0.15, 0.2) is 0 Å². The molecule has 15 heavy (non-hydrogen) atoms. The van der Waals surface area contributed by atoms with Crippen LogP contribution in [0, 0.1) is 12.8 Å². The van der Waals surface area contributed by atoms with Crippen LogP contribution in [0.4, 0.5) is 11.5 Å². The van der Waals surface area contributed by atoms with Gasteiger partial charge in [0.25, 0.3) is 0 Å². The summed E-state index contributed by atoms with van der Waals surface area (Å²) in [5, 5.41) is 3.30. The fraction of sp³-hybridized carbons (Fsp3) is 0.583. The molecule has 1 heterocycles. The van der Waals surface area contributed by atoms with E-state index in [0.29, 0.717) is 0 Å². The maximum Gasteiger partial charge on any atom is 0.149 e. The van der Waals surface area contributed by atoms with E-state index in [1.165, 1.54) is 25.7 Å². The fourth-order valence-corrected chi connectivity index (χ4v) is 1.92. The second kappa shape index (κ2) is 4.51. The van der Waals surface area contributed by atoms with Crippen molar-refractivity contribution >= 4 is 11.5 Å². The first-order valence-corrected chi connectivity index (χ1v) is 5.71. The van der Waals surface area contributed by atoms with Crippen LogP contribution in [-0.2, 0) is 0 Å². The highest BCUT2D eigenvalue weighted by atomic mass is 15.0. The molecule has 2 rings (SSSR count). The van der Waals surface area contributed by atoms with E-state index >= 15 is 0 Å². The lowest BCUT2D eigenvalue weighted by Crippen LogP contribution is -2.16. The van der Waals surface area contributed by atoms with E-state index in [4.69, 9.17) is 5.73 Å². The SMILES string of the molecule is Cc1cnc(NCCC2CCC2)c(N)c1. The number of nitrogens with two attached hydrogens (primary N) is 1. The summed E-state index contributed by atoms with van der Waals surface area (Å²) in [5.74, 6) is 1.77. The molecule has 0 radical (unpaired) electrons. The summed E-state index contributed by atoms with van der Waals surface area (Å²) in [6.45, 7) is 2.99. The third-order valence-corrected chi connectivity index (χ3v) is 3.12. The highest BCUT2D eigenvalue weighted by Gasteiger charge is 2.16. The van der Waals surface area contributed by atoms with Gasteiger partial charge in [-0.15, -0.1) is 0 Å². The zero-order chi connectivity index (χ0) is 10.7. The number of hydrogen-bond donors (Lipinski definition) is 2. The summed E-state index contributed by atoms with van der Waals surface area (Å²) in [5.41, 5.74) is 7.72. The van der Waals surface area contributed by atoms with Gasteiger partial charge >= 0.3 is 0 Å². The fourth-order valence-electron chi connectivity index (χ4n) is 1.92. The van der Waals surface area contributed by atoms with Crippen molar-refractivity contribution in [1.29, 1.82) is 0 Å². The molecule has 1 aliphatic rings. The van der Waals surface area contributed by atoms with Crippen LogP contribution < -0.4 is 11.1 Å². The molecule has 82 valence electrons. The van der Waals surface area contributed by atoms with Crippen molar-refractivity contribution in [2.75, 3.05) is 17.6 Å². The van der Waals surface area contributed by atoms with Gasteiger partial charge in [0.2, 0.25) is 0 Å². The van der Waals surface area contributed by atoms with Crippen LogP contribution >= 0.6 is 0 Å². The summed E-state index contributed by atoms with van der Waals surface area (Å²) >= 11 is 0. The van der Waals surface area contributed by atoms with E-state index in [-0.39, 0.29) is 0 Å². The Balaban J connectivity index is 1.81. The number of pyridine rings is 1. The van der Waals surface area contributed by atoms with Gasteiger partial charge in [-0.2, -0.15) is 0 Å². The summed E-state index contributed by atoms with van der Waals surface area (Å²) in [4.78, 5) is 4.28. The zero-order valence-electron chi connectivity index (χ0n) is 9.29. The molecule has 0 atom stereocenters. The Morgan fingerprint density at radius 3 is 2.93 bits per heavy atom. The minimum atomic E-state index is 0.753. The van der Waals surface area contributed by atoms with Crippen molar-refractivity contribution in [3.05, 3.63) is 17.8 Å². The molecule has 1 aliphatic carbocycles. The lowest BCUT2D eigenvalue weighted by atomic mass is 9.83. The Hall–Kier alpha value is -1.25. The minimum Gasteiger partial charge on any atom is -0.396 e. The molecule has 0 aromatic carbocycles. The van der Waals surface area contributed by atoms with Gasteiger partial charge in [0, 0.05) is 12.7 Å². The van der Waals surface area contributed by atoms with E-state index in [0.717, 1.165) is 29.5 Å². The predicted molar refractivity (Wildman–Crippen MR) is 63.8 cm³/mol. The third-order valence-electron chi connectivity index (χ3n) is 3.12. The molecule has 0 saturated heterocycles. The molecule has 1 aromatic heterocycles. The normalized spacial score (nSPS) is 16.1. The maximum absolute atomic E-state index is 5.86. The quantitative estimate of drug-likeness (QED) is 0.794. The van der Waals surface area contributed by atoms with Crippen molar-refractivity contribution < 1.29 is 0 Å². The Labute approximate surface area is 91.1 Å². The average molecular weight is 205 g/mol. The predicted octanol–water partition coefficient (Wildman–Crippen LogP) is 2.57. The van der Waals surface area contributed by atoms with E-state index in [2.05, 4.69) is 10.3 Å². The number of aromatic nitrogens is 1.